The molecule has 0 radical (unpaired) electrons. The summed E-state index contributed by atoms with van der Waals surface area (Å²) in [7, 11) is 0. The van der Waals surface area contributed by atoms with Crippen LogP contribution in [0.25, 0.3) is 5.69 Å². The normalized spacial score (nSPS) is 17.1. The van der Waals surface area contributed by atoms with E-state index in [1.165, 1.54) is 0 Å². The summed E-state index contributed by atoms with van der Waals surface area (Å²) in [5, 5.41) is 13.9. The molecule has 0 bridgehead atoms. The number of benzene rings is 2. The SMILES string of the molecule is CCOc1ccc(N2C(=S)NC(c3ccccn3)C2c2cc(C)n(-c3ccccc3C(=O)O)c2C)cc1. The van der Waals surface area contributed by atoms with Gasteiger partial charge in [0.05, 0.1) is 35.6 Å². The van der Waals surface area contributed by atoms with Gasteiger partial charge >= 0.3 is 5.97 Å². The lowest BCUT2D eigenvalue weighted by Gasteiger charge is -2.28. The maximum absolute atomic E-state index is 12.0. The largest absolute Gasteiger partial charge is 0.494 e. The van der Waals surface area contributed by atoms with Gasteiger partial charge in [-0.3, -0.25) is 4.98 Å². The van der Waals surface area contributed by atoms with Gasteiger partial charge in [0.1, 0.15) is 5.75 Å². The van der Waals surface area contributed by atoms with Gasteiger partial charge in [-0.15, -0.1) is 0 Å². The maximum atomic E-state index is 12.0. The highest BCUT2D eigenvalue weighted by Gasteiger charge is 2.42. The number of thiocarbonyl (C=S) groups is 1. The summed E-state index contributed by atoms with van der Waals surface area (Å²) >= 11 is 5.86. The number of aromatic nitrogens is 2. The molecule has 2 unspecified atom stereocenters. The average Bonchev–Trinajstić information content (AvgIpc) is 3.40. The average molecular weight is 513 g/mol. The van der Waals surface area contributed by atoms with Crippen molar-refractivity contribution in [2.45, 2.75) is 32.9 Å². The minimum atomic E-state index is -0.962. The smallest absolute Gasteiger partial charge is 0.337 e. The quantitative estimate of drug-likeness (QED) is 0.305. The van der Waals surface area contributed by atoms with Crippen molar-refractivity contribution in [2.75, 3.05) is 11.5 Å². The van der Waals surface area contributed by atoms with Crippen molar-refractivity contribution >= 4 is 29.0 Å². The van der Waals surface area contributed by atoms with Crippen LogP contribution in [-0.2, 0) is 0 Å². The molecule has 7 nitrogen and oxygen atoms in total. The highest BCUT2D eigenvalue weighted by Crippen LogP contribution is 2.44. The number of nitrogens with one attached hydrogen (secondary N) is 1. The summed E-state index contributed by atoms with van der Waals surface area (Å²) in [6.07, 6.45) is 1.78. The molecule has 2 N–H and O–H groups in total. The summed E-state index contributed by atoms with van der Waals surface area (Å²) in [5.41, 5.74) is 5.60. The van der Waals surface area contributed by atoms with Crippen LogP contribution in [0.4, 0.5) is 5.69 Å². The van der Waals surface area contributed by atoms with Gasteiger partial charge < -0.3 is 24.6 Å². The van der Waals surface area contributed by atoms with E-state index in [4.69, 9.17) is 17.0 Å². The first-order valence-electron chi connectivity index (χ1n) is 12.2. The third-order valence-electron chi connectivity index (χ3n) is 6.69. The Kier molecular flexibility index (Phi) is 6.67. The van der Waals surface area contributed by atoms with Gasteiger partial charge in [-0.1, -0.05) is 18.2 Å². The molecule has 1 aliphatic heterocycles. The highest BCUT2D eigenvalue weighted by atomic mass is 32.1. The third kappa shape index (κ3) is 4.44. The lowest BCUT2D eigenvalue weighted by atomic mass is 9.96. The van der Waals surface area contributed by atoms with Crippen molar-refractivity contribution in [3.05, 3.63) is 107 Å². The van der Waals surface area contributed by atoms with E-state index in [1.54, 1.807) is 18.3 Å². The Bertz CT molecular complexity index is 1450. The predicted molar refractivity (Wildman–Crippen MR) is 148 cm³/mol. The Morgan fingerprint density at radius 3 is 2.49 bits per heavy atom. The molecule has 3 heterocycles. The summed E-state index contributed by atoms with van der Waals surface area (Å²) in [5.74, 6) is -0.165. The maximum Gasteiger partial charge on any atom is 0.337 e. The molecule has 2 atom stereocenters. The number of hydrogen-bond donors (Lipinski definition) is 2. The van der Waals surface area contributed by atoms with Crippen molar-refractivity contribution in [1.29, 1.82) is 0 Å². The second kappa shape index (κ2) is 10.1. The summed E-state index contributed by atoms with van der Waals surface area (Å²) in [4.78, 5) is 18.8. The van der Waals surface area contributed by atoms with E-state index in [0.29, 0.717) is 17.4 Å². The van der Waals surface area contributed by atoms with Gasteiger partial charge in [-0.2, -0.15) is 0 Å². The monoisotopic (exact) mass is 512 g/mol. The lowest BCUT2D eigenvalue weighted by molar-refractivity contribution is 0.0697. The fraction of sp³-hybridized carbons (Fsp3) is 0.207. The zero-order valence-electron chi connectivity index (χ0n) is 20.9. The molecule has 188 valence electrons. The van der Waals surface area contributed by atoms with Gasteiger partial charge in [-0.05, 0) is 93.1 Å². The van der Waals surface area contributed by atoms with Crippen molar-refractivity contribution in [3.63, 3.8) is 0 Å². The number of hydrogen-bond acceptors (Lipinski definition) is 4. The molecule has 8 heteroatoms. The standard InChI is InChI=1S/C29H28N4O3S/c1-4-36-21-14-12-20(13-15-21)33-27(26(31-29(33)37)24-10-7-8-16-30-24)23-17-18(2)32(19(23)3)25-11-6-5-9-22(25)28(34)35/h5-17,26-27H,4H2,1-3H3,(H,31,37)(H,34,35). The molecular weight excluding hydrogens is 484 g/mol. The van der Waals surface area contributed by atoms with Crippen LogP contribution in [0.3, 0.4) is 0 Å². The molecule has 37 heavy (non-hydrogen) atoms. The number of rotatable bonds is 7. The molecule has 0 aliphatic carbocycles. The van der Waals surface area contributed by atoms with Gasteiger partial charge in [-0.25, -0.2) is 4.79 Å². The first-order valence-corrected chi connectivity index (χ1v) is 12.6. The molecule has 5 rings (SSSR count). The number of carboxylic acids is 1. The third-order valence-corrected chi connectivity index (χ3v) is 7.00. The van der Waals surface area contributed by atoms with E-state index < -0.39 is 5.97 Å². The fourth-order valence-corrected chi connectivity index (χ4v) is 5.47. The highest BCUT2D eigenvalue weighted by molar-refractivity contribution is 7.80. The zero-order valence-corrected chi connectivity index (χ0v) is 21.7. The van der Waals surface area contributed by atoms with E-state index in [1.807, 2.05) is 79.9 Å². The van der Waals surface area contributed by atoms with Crippen LogP contribution in [0, 0.1) is 13.8 Å². The van der Waals surface area contributed by atoms with E-state index in [-0.39, 0.29) is 17.6 Å². The van der Waals surface area contributed by atoms with Crippen LogP contribution in [0.1, 0.15) is 52.0 Å². The minimum absolute atomic E-state index is 0.205. The molecule has 1 fully saturated rings. The Morgan fingerprint density at radius 2 is 1.81 bits per heavy atom. The number of pyridine rings is 1. The van der Waals surface area contributed by atoms with Crippen LogP contribution >= 0.6 is 12.2 Å². The number of para-hydroxylation sites is 1. The number of aromatic carboxylic acids is 1. The van der Waals surface area contributed by atoms with E-state index in [2.05, 4.69) is 21.3 Å². The van der Waals surface area contributed by atoms with Crippen LogP contribution in [0.5, 0.6) is 5.75 Å². The Hall–Kier alpha value is -4.17. The topological polar surface area (TPSA) is 79.6 Å². The molecule has 1 saturated heterocycles. The zero-order chi connectivity index (χ0) is 26.1. The van der Waals surface area contributed by atoms with E-state index >= 15 is 0 Å². The Labute approximate surface area is 221 Å². The Morgan fingerprint density at radius 1 is 1.08 bits per heavy atom. The van der Waals surface area contributed by atoms with Crippen molar-refractivity contribution in [3.8, 4) is 11.4 Å². The molecule has 4 aromatic rings. The van der Waals surface area contributed by atoms with Crippen molar-refractivity contribution in [2.24, 2.45) is 0 Å². The fourth-order valence-electron chi connectivity index (χ4n) is 5.13. The summed E-state index contributed by atoms with van der Waals surface area (Å²) < 4.78 is 7.65. The molecule has 2 aromatic carbocycles. The second-order valence-electron chi connectivity index (χ2n) is 8.91. The van der Waals surface area contributed by atoms with Crippen molar-refractivity contribution in [1.82, 2.24) is 14.9 Å². The van der Waals surface area contributed by atoms with E-state index in [0.717, 1.165) is 34.1 Å². The first-order chi connectivity index (χ1) is 17.9. The van der Waals surface area contributed by atoms with Crippen LogP contribution in [-0.4, -0.2) is 32.3 Å². The Balaban J connectivity index is 1.67. The summed E-state index contributed by atoms with van der Waals surface area (Å²) in [6, 6.07) is 22.5. The van der Waals surface area contributed by atoms with Crippen LogP contribution < -0.4 is 15.0 Å². The van der Waals surface area contributed by atoms with E-state index in [9.17, 15) is 9.90 Å². The molecule has 0 amide bonds. The summed E-state index contributed by atoms with van der Waals surface area (Å²) in [6.45, 7) is 6.57. The van der Waals surface area contributed by atoms with Gasteiger partial charge in [0.2, 0.25) is 0 Å². The number of nitrogens with zero attached hydrogens (tertiary/aromatic N) is 3. The molecule has 0 saturated carbocycles. The predicted octanol–water partition coefficient (Wildman–Crippen LogP) is 5.76. The number of carboxylic acid groups (broad SMARTS) is 1. The van der Waals surface area contributed by atoms with Gasteiger partial charge in [0.15, 0.2) is 5.11 Å². The molecule has 0 spiro atoms. The second-order valence-corrected chi connectivity index (χ2v) is 9.29. The lowest BCUT2D eigenvalue weighted by Crippen LogP contribution is -2.29. The molecular formula is C29H28N4O3S. The number of anilines is 1. The van der Waals surface area contributed by atoms with Crippen LogP contribution in [0.15, 0.2) is 79.0 Å². The number of carbonyl (C=O) groups is 1. The number of ether oxygens (including phenoxy) is 1. The minimum Gasteiger partial charge on any atom is -0.494 e. The van der Waals surface area contributed by atoms with Crippen molar-refractivity contribution < 1.29 is 14.6 Å². The molecule has 2 aromatic heterocycles. The van der Waals surface area contributed by atoms with Crippen LogP contribution in [0.2, 0.25) is 0 Å². The van der Waals surface area contributed by atoms with Gasteiger partial charge in [0.25, 0.3) is 0 Å². The first kappa shape index (κ1) is 24.5. The number of aryl methyl sites for hydroxylation is 1. The molecule has 1 aliphatic rings. The van der Waals surface area contributed by atoms with Gasteiger partial charge in [0, 0.05) is 23.3 Å².